The van der Waals surface area contributed by atoms with E-state index in [-0.39, 0.29) is 21.3 Å². The maximum atomic E-state index is 11.8. The molecule has 2 rings (SSSR count). The Morgan fingerprint density at radius 1 is 1.35 bits per heavy atom. The van der Waals surface area contributed by atoms with Crippen LogP contribution in [0, 0.1) is 0 Å². The maximum Gasteiger partial charge on any atom is 0.290 e. The highest BCUT2D eigenvalue weighted by Crippen LogP contribution is 2.15. The Labute approximate surface area is 120 Å². The molecule has 0 radical (unpaired) electrons. The van der Waals surface area contributed by atoms with Crippen LogP contribution in [0.4, 0.5) is 11.5 Å². The molecule has 2 aromatic heterocycles. The molecule has 2 aromatic rings. The van der Waals surface area contributed by atoms with Crippen molar-refractivity contribution in [2.75, 3.05) is 11.6 Å². The molecule has 0 bridgehead atoms. The quantitative estimate of drug-likeness (QED) is 0.907. The molecule has 9 heteroatoms. The summed E-state index contributed by atoms with van der Waals surface area (Å²) < 4.78 is 23.7. The minimum atomic E-state index is -3.30. The van der Waals surface area contributed by atoms with E-state index < -0.39 is 9.84 Å². The summed E-state index contributed by atoms with van der Waals surface area (Å²) in [5.41, 5.74) is -0.171. The van der Waals surface area contributed by atoms with Crippen LogP contribution in [-0.4, -0.2) is 29.4 Å². The van der Waals surface area contributed by atoms with E-state index >= 15 is 0 Å². The van der Waals surface area contributed by atoms with Gasteiger partial charge in [-0.25, -0.2) is 18.1 Å². The summed E-state index contributed by atoms with van der Waals surface area (Å²) in [4.78, 5) is 15.8. The number of nitrogens with zero attached hydrogens (tertiary/aromatic N) is 3. The van der Waals surface area contributed by atoms with Gasteiger partial charge >= 0.3 is 0 Å². The lowest BCUT2D eigenvalue weighted by molar-refractivity contribution is 0.601. The average molecular weight is 315 g/mol. The molecule has 0 amide bonds. The number of hydrogen-bond acceptors (Lipinski definition) is 6. The Bertz CT molecular complexity index is 799. The van der Waals surface area contributed by atoms with Crippen LogP contribution < -0.4 is 10.9 Å². The third-order valence-corrected chi connectivity index (χ3v) is 3.74. The lowest BCUT2D eigenvalue weighted by Gasteiger charge is -2.07. The van der Waals surface area contributed by atoms with Crippen molar-refractivity contribution in [1.82, 2.24) is 14.8 Å². The first kappa shape index (κ1) is 14.5. The summed E-state index contributed by atoms with van der Waals surface area (Å²) in [6, 6.07) is 4.23. The summed E-state index contributed by atoms with van der Waals surface area (Å²) in [6.45, 7) is 0. The van der Waals surface area contributed by atoms with Crippen LogP contribution in [0.25, 0.3) is 0 Å². The normalized spacial score (nSPS) is 11.3. The Balaban J connectivity index is 2.34. The largest absolute Gasteiger partial charge is 0.336 e. The van der Waals surface area contributed by atoms with Gasteiger partial charge in [0.25, 0.3) is 5.56 Å². The van der Waals surface area contributed by atoms with Gasteiger partial charge in [-0.1, -0.05) is 11.6 Å². The first-order valence-corrected chi connectivity index (χ1v) is 7.71. The van der Waals surface area contributed by atoms with Gasteiger partial charge in [0, 0.05) is 25.6 Å². The van der Waals surface area contributed by atoms with E-state index in [9.17, 15) is 13.2 Å². The van der Waals surface area contributed by atoms with Gasteiger partial charge < -0.3 is 5.32 Å². The minimum absolute atomic E-state index is 0.101. The van der Waals surface area contributed by atoms with Crippen molar-refractivity contribution in [2.45, 2.75) is 4.90 Å². The molecule has 0 spiro atoms. The Hall–Kier alpha value is -1.93. The van der Waals surface area contributed by atoms with Gasteiger partial charge in [-0.3, -0.25) is 4.79 Å². The van der Waals surface area contributed by atoms with Crippen molar-refractivity contribution in [3.63, 3.8) is 0 Å². The standard InChI is InChI=1S/C11H11ClN4O3S/c1-16-11(17)8(5-9(12)15-16)14-10-4-3-7(6-13-10)20(2,18)19/h3-6H,1-2H3,(H,13,14). The van der Waals surface area contributed by atoms with Gasteiger partial charge in [-0.2, -0.15) is 5.10 Å². The molecule has 0 atom stereocenters. The molecule has 7 nitrogen and oxygen atoms in total. The topological polar surface area (TPSA) is 93.9 Å². The van der Waals surface area contributed by atoms with Gasteiger partial charge in [0.2, 0.25) is 0 Å². The van der Waals surface area contributed by atoms with E-state index in [2.05, 4.69) is 15.4 Å². The lowest BCUT2D eigenvalue weighted by atomic mass is 10.4. The van der Waals surface area contributed by atoms with Crippen LogP contribution in [0.5, 0.6) is 0 Å². The smallest absolute Gasteiger partial charge is 0.290 e. The first-order chi connectivity index (χ1) is 9.27. The fourth-order valence-corrected chi connectivity index (χ4v) is 2.26. The first-order valence-electron chi connectivity index (χ1n) is 5.44. The summed E-state index contributed by atoms with van der Waals surface area (Å²) >= 11 is 5.76. The second kappa shape index (κ2) is 5.22. The van der Waals surface area contributed by atoms with Crippen molar-refractivity contribution in [2.24, 2.45) is 7.05 Å². The zero-order chi connectivity index (χ0) is 14.9. The van der Waals surface area contributed by atoms with Crippen molar-refractivity contribution in [3.8, 4) is 0 Å². The Morgan fingerprint density at radius 2 is 2.05 bits per heavy atom. The van der Waals surface area contributed by atoms with E-state index in [4.69, 9.17) is 11.6 Å². The molecule has 0 aliphatic rings. The summed E-state index contributed by atoms with van der Waals surface area (Å²) in [5.74, 6) is 0.330. The minimum Gasteiger partial charge on any atom is -0.336 e. The summed E-state index contributed by atoms with van der Waals surface area (Å²) in [7, 11) is -1.83. The van der Waals surface area contributed by atoms with E-state index in [1.165, 1.54) is 31.4 Å². The average Bonchev–Trinajstić information content (AvgIpc) is 2.35. The number of nitrogens with one attached hydrogen (secondary N) is 1. The van der Waals surface area contributed by atoms with Crippen molar-refractivity contribution >= 4 is 32.9 Å². The zero-order valence-electron chi connectivity index (χ0n) is 10.7. The molecule has 0 saturated heterocycles. The monoisotopic (exact) mass is 314 g/mol. The zero-order valence-corrected chi connectivity index (χ0v) is 12.2. The Morgan fingerprint density at radius 3 is 2.60 bits per heavy atom. The second-order valence-electron chi connectivity index (χ2n) is 4.09. The molecular formula is C11H11ClN4O3S. The number of sulfone groups is 1. The molecule has 106 valence electrons. The molecular weight excluding hydrogens is 304 g/mol. The maximum absolute atomic E-state index is 11.8. The van der Waals surface area contributed by atoms with Crippen LogP contribution in [-0.2, 0) is 16.9 Å². The number of halogens is 1. The summed E-state index contributed by atoms with van der Waals surface area (Å²) in [6.07, 6.45) is 2.31. The fraction of sp³-hybridized carbons (Fsp3) is 0.182. The van der Waals surface area contributed by atoms with Crippen molar-refractivity contribution < 1.29 is 8.42 Å². The molecule has 0 unspecified atom stereocenters. The Kier molecular flexibility index (Phi) is 3.78. The highest BCUT2D eigenvalue weighted by molar-refractivity contribution is 7.90. The third-order valence-electron chi connectivity index (χ3n) is 2.46. The van der Waals surface area contributed by atoms with Gasteiger partial charge in [0.1, 0.15) is 11.5 Å². The molecule has 1 N–H and O–H groups in total. The number of pyridine rings is 1. The predicted molar refractivity (Wildman–Crippen MR) is 75.1 cm³/mol. The molecule has 0 aliphatic heterocycles. The molecule has 2 heterocycles. The number of anilines is 2. The molecule has 0 aromatic carbocycles. The number of aromatic nitrogens is 3. The molecule has 20 heavy (non-hydrogen) atoms. The third kappa shape index (κ3) is 3.14. The predicted octanol–water partition coefficient (Wildman–Crippen LogP) is 0.976. The van der Waals surface area contributed by atoms with E-state index in [0.29, 0.717) is 5.82 Å². The highest BCUT2D eigenvalue weighted by Gasteiger charge is 2.09. The van der Waals surface area contributed by atoms with Gasteiger partial charge in [0.15, 0.2) is 15.0 Å². The lowest BCUT2D eigenvalue weighted by Crippen LogP contribution is -2.22. The van der Waals surface area contributed by atoms with E-state index in [1.54, 1.807) is 0 Å². The van der Waals surface area contributed by atoms with Crippen LogP contribution >= 0.6 is 11.6 Å². The number of hydrogen-bond donors (Lipinski definition) is 1. The summed E-state index contributed by atoms with van der Waals surface area (Å²) in [5, 5.41) is 6.68. The van der Waals surface area contributed by atoms with E-state index in [0.717, 1.165) is 10.9 Å². The number of rotatable bonds is 3. The van der Waals surface area contributed by atoms with Crippen molar-refractivity contribution in [3.05, 3.63) is 39.9 Å². The number of aryl methyl sites for hydroxylation is 1. The highest BCUT2D eigenvalue weighted by atomic mass is 35.5. The molecule has 0 saturated carbocycles. The van der Waals surface area contributed by atoms with Crippen LogP contribution in [0.3, 0.4) is 0 Å². The van der Waals surface area contributed by atoms with Gasteiger partial charge in [-0.05, 0) is 12.1 Å². The fourth-order valence-electron chi connectivity index (χ4n) is 1.47. The molecule has 0 aliphatic carbocycles. The SMILES string of the molecule is Cn1nc(Cl)cc(Nc2ccc(S(C)(=O)=O)cn2)c1=O. The van der Waals surface area contributed by atoms with Crippen molar-refractivity contribution in [1.29, 1.82) is 0 Å². The second-order valence-corrected chi connectivity index (χ2v) is 6.49. The van der Waals surface area contributed by atoms with Crippen LogP contribution in [0.1, 0.15) is 0 Å². The van der Waals surface area contributed by atoms with E-state index in [1.807, 2.05) is 0 Å². The van der Waals surface area contributed by atoms with Crippen LogP contribution in [0.2, 0.25) is 5.15 Å². The molecule has 0 fully saturated rings. The van der Waals surface area contributed by atoms with Gasteiger partial charge in [0.05, 0.1) is 4.90 Å². The van der Waals surface area contributed by atoms with Crippen LogP contribution in [0.15, 0.2) is 34.1 Å². The van der Waals surface area contributed by atoms with Gasteiger partial charge in [-0.15, -0.1) is 0 Å².